The van der Waals surface area contributed by atoms with Gasteiger partial charge in [-0.3, -0.25) is 0 Å². The molecule has 6 nitrogen and oxygen atoms in total. The summed E-state index contributed by atoms with van der Waals surface area (Å²) in [5.41, 5.74) is 0. The molecule has 2 aliphatic rings. The van der Waals surface area contributed by atoms with E-state index in [0.29, 0.717) is 6.42 Å². The van der Waals surface area contributed by atoms with Crippen molar-refractivity contribution < 1.29 is 28.8 Å². The maximum absolute atomic E-state index is 9.99. The molecule has 0 aromatic carbocycles. The zero-order valence-electron chi connectivity index (χ0n) is 13.5. The molecule has 21 heavy (non-hydrogen) atoms. The van der Waals surface area contributed by atoms with Crippen LogP contribution >= 0.6 is 0 Å². The monoisotopic (exact) mass is 304 g/mol. The third-order valence-electron chi connectivity index (χ3n) is 4.41. The van der Waals surface area contributed by atoms with Crippen LogP contribution in [0.1, 0.15) is 33.6 Å². The first-order valence-electron chi connectivity index (χ1n) is 7.66. The highest BCUT2D eigenvalue weighted by Crippen LogP contribution is 2.29. The van der Waals surface area contributed by atoms with Crippen LogP contribution in [-0.4, -0.2) is 68.3 Å². The SMILES string of the molecule is CO[C@H]1C[C@H](O[C@H]2[C@@H](OC)C[C@H](C)O[C@@H]2C)O[C@H](C)[C@H]1O. The lowest BCUT2D eigenvalue weighted by Gasteiger charge is -2.43. The van der Waals surface area contributed by atoms with Crippen LogP contribution in [0.25, 0.3) is 0 Å². The second-order valence-corrected chi connectivity index (χ2v) is 6.03. The first kappa shape index (κ1) is 17.1. The fourth-order valence-electron chi connectivity index (χ4n) is 3.20. The van der Waals surface area contributed by atoms with Crippen molar-refractivity contribution in [1.82, 2.24) is 0 Å². The van der Waals surface area contributed by atoms with Gasteiger partial charge in [0.2, 0.25) is 0 Å². The molecule has 0 unspecified atom stereocenters. The first-order chi connectivity index (χ1) is 9.96. The van der Waals surface area contributed by atoms with Crippen molar-refractivity contribution in [3.63, 3.8) is 0 Å². The van der Waals surface area contributed by atoms with Crippen molar-refractivity contribution in [2.24, 2.45) is 0 Å². The van der Waals surface area contributed by atoms with Crippen molar-refractivity contribution in [2.45, 2.75) is 82.6 Å². The van der Waals surface area contributed by atoms with Crippen LogP contribution in [0.3, 0.4) is 0 Å². The van der Waals surface area contributed by atoms with Gasteiger partial charge in [0, 0.05) is 27.1 Å². The van der Waals surface area contributed by atoms with Crippen molar-refractivity contribution in [3.05, 3.63) is 0 Å². The topological polar surface area (TPSA) is 66.4 Å². The molecular formula is C15H28O6. The molecule has 124 valence electrons. The summed E-state index contributed by atoms with van der Waals surface area (Å²) in [6.07, 6.45) is -0.474. The molecule has 0 radical (unpaired) electrons. The molecule has 0 aliphatic carbocycles. The minimum absolute atomic E-state index is 0.0181. The van der Waals surface area contributed by atoms with Crippen LogP contribution in [0.5, 0.6) is 0 Å². The van der Waals surface area contributed by atoms with E-state index in [1.165, 1.54) is 0 Å². The number of hydrogen-bond donors (Lipinski definition) is 1. The number of aliphatic hydroxyl groups is 1. The summed E-state index contributed by atoms with van der Waals surface area (Å²) in [7, 11) is 3.28. The quantitative estimate of drug-likeness (QED) is 0.839. The molecule has 1 N–H and O–H groups in total. The van der Waals surface area contributed by atoms with Crippen LogP contribution in [-0.2, 0) is 23.7 Å². The minimum Gasteiger partial charge on any atom is -0.388 e. The van der Waals surface area contributed by atoms with Crippen LogP contribution in [0, 0.1) is 0 Å². The van der Waals surface area contributed by atoms with Gasteiger partial charge >= 0.3 is 0 Å². The molecule has 2 aliphatic heterocycles. The molecule has 0 spiro atoms. The van der Waals surface area contributed by atoms with E-state index in [2.05, 4.69) is 0 Å². The van der Waals surface area contributed by atoms with Crippen molar-refractivity contribution >= 4 is 0 Å². The number of rotatable bonds is 4. The third kappa shape index (κ3) is 3.94. The zero-order chi connectivity index (χ0) is 15.6. The Morgan fingerprint density at radius 3 is 2.19 bits per heavy atom. The lowest BCUT2D eigenvalue weighted by molar-refractivity contribution is -0.295. The number of ether oxygens (including phenoxy) is 5. The average Bonchev–Trinajstić information content (AvgIpc) is 2.45. The fourth-order valence-corrected chi connectivity index (χ4v) is 3.20. The molecule has 0 aromatic heterocycles. The lowest BCUT2D eigenvalue weighted by atomic mass is 9.98. The highest BCUT2D eigenvalue weighted by atomic mass is 16.7. The molecule has 8 atom stereocenters. The van der Waals surface area contributed by atoms with Crippen LogP contribution in [0.2, 0.25) is 0 Å². The second-order valence-electron chi connectivity index (χ2n) is 6.03. The van der Waals surface area contributed by atoms with E-state index in [0.717, 1.165) is 6.42 Å². The number of hydrogen-bond acceptors (Lipinski definition) is 6. The van der Waals surface area contributed by atoms with E-state index in [1.54, 1.807) is 14.2 Å². The highest BCUT2D eigenvalue weighted by molar-refractivity contribution is 4.87. The average molecular weight is 304 g/mol. The van der Waals surface area contributed by atoms with Gasteiger partial charge in [-0.1, -0.05) is 0 Å². The summed E-state index contributed by atoms with van der Waals surface area (Å²) in [6.45, 7) is 5.85. The van der Waals surface area contributed by atoms with Crippen molar-refractivity contribution in [1.29, 1.82) is 0 Å². The zero-order valence-corrected chi connectivity index (χ0v) is 13.5. The smallest absolute Gasteiger partial charge is 0.161 e. The van der Waals surface area contributed by atoms with E-state index < -0.39 is 12.4 Å². The standard InChI is InChI=1S/C15H28O6/c1-8-6-12(18-5)15(10(3)19-8)21-13-7-11(17-4)14(16)9(2)20-13/h8-16H,6-7H2,1-5H3/t8-,9+,10+,11-,12-,13-,14+,15+/m0/s1. The normalized spacial score (nSPS) is 48.3. The van der Waals surface area contributed by atoms with Gasteiger partial charge in [0.05, 0.1) is 30.5 Å². The van der Waals surface area contributed by atoms with Gasteiger partial charge < -0.3 is 28.8 Å². The summed E-state index contributed by atoms with van der Waals surface area (Å²) >= 11 is 0. The second kappa shape index (κ2) is 7.35. The van der Waals surface area contributed by atoms with Gasteiger partial charge in [0.25, 0.3) is 0 Å². The maximum atomic E-state index is 9.99. The molecule has 0 amide bonds. The van der Waals surface area contributed by atoms with Crippen molar-refractivity contribution in [2.75, 3.05) is 14.2 Å². The van der Waals surface area contributed by atoms with Crippen LogP contribution in [0.4, 0.5) is 0 Å². The molecule has 0 bridgehead atoms. The highest BCUT2D eigenvalue weighted by Gasteiger charge is 2.41. The summed E-state index contributed by atoms with van der Waals surface area (Å²) in [5, 5.41) is 9.99. The number of methoxy groups -OCH3 is 2. The van der Waals surface area contributed by atoms with E-state index in [4.69, 9.17) is 23.7 Å². The van der Waals surface area contributed by atoms with E-state index >= 15 is 0 Å². The Bertz CT molecular complexity index is 325. The summed E-state index contributed by atoms with van der Waals surface area (Å²) in [4.78, 5) is 0. The number of aliphatic hydroxyl groups excluding tert-OH is 1. The summed E-state index contributed by atoms with van der Waals surface area (Å²) < 4.78 is 28.5. The third-order valence-corrected chi connectivity index (χ3v) is 4.41. The molecule has 0 saturated carbocycles. The molecule has 6 heteroatoms. The molecular weight excluding hydrogens is 276 g/mol. The Hall–Kier alpha value is -0.240. The Balaban J connectivity index is 1.99. The Morgan fingerprint density at radius 1 is 0.905 bits per heavy atom. The van der Waals surface area contributed by atoms with E-state index in [1.807, 2.05) is 20.8 Å². The van der Waals surface area contributed by atoms with Gasteiger partial charge in [-0.2, -0.15) is 0 Å². The van der Waals surface area contributed by atoms with Gasteiger partial charge in [0.15, 0.2) is 6.29 Å². The molecule has 2 heterocycles. The van der Waals surface area contributed by atoms with E-state index in [9.17, 15) is 5.11 Å². The molecule has 2 saturated heterocycles. The Labute approximate surface area is 126 Å². The predicted molar refractivity (Wildman–Crippen MR) is 76.1 cm³/mol. The first-order valence-corrected chi connectivity index (χ1v) is 7.66. The van der Waals surface area contributed by atoms with Gasteiger partial charge in [-0.05, 0) is 20.8 Å². The maximum Gasteiger partial charge on any atom is 0.161 e. The van der Waals surface area contributed by atoms with Crippen LogP contribution < -0.4 is 0 Å². The Kier molecular flexibility index (Phi) is 5.99. The molecule has 2 fully saturated rings. The minimum atomic E-state index is -0.631. The van der Waals surface area contributed by atoms with Crippen molar-refractivity contribution in [3.8, 4) is 0 Å². The largest absolute Gasteiger partial charge is 0.388 e. The fraction of sp³-hybridized carbons (Fsp3) is 1.00. The summed E-state index contributed by atoms with van der Waals surface area (Å²) in [5.74, 6) is 0. The summed E-state index contributed by atoms with van der Waals surface area (Å²) in [6, 6.07) is 0. The predicted octanol–water partition coefficient (Wildman–Crippen LogP) is 1.09. The van der Waals surface area contributed by atoms with Gasteiger partial charge in [-0.15, -0.1) is 0 Å². The molecule has 0 aromatic rings. The van der Waals surface area contributed by atoms with Gasteiger partial charge in [-0.25, -0.2) is 0 Å². The van der Waals surface area contributed by atoms with Crippen LogP contribution in [0.15, 0.2) is 0 Å². The molecule has 2 rings (SSSR count). The van der Waals surface area contributed by atoms with E-state index in [-0.39, 0.29) is 36.6 Å². The van der Waals surface area contributed by atoms with Gasteiger partial charge in [0.1, 0.15) is 12.2 Å². The Morgan fingerprint density at radius 2 is 1.57 bits per heavy atom. The lowest BCUT2D eigenvalue weighted by Crippen LogP contribution is -2.54.